The monoisotopic (exact) mass is 605 g/mol. The predicted molar refractivity (Wildman–Crippen MR) is 161 cm³/mol. The highest BCUT2D eigenvalue weighted by Crippen LogP contribution is 2.49. The number of amides is 1. The average molecular weight is 606 g/mol. The van der Waals surface area contributed by atoms with Crippen molar-refractivity contribution in [3.63, 3.8) is 0 Å². The Hall–Kier alpha value is -3.59. The molecular weight excluding hydrogens is 579 g/mol. The molecule has 9 heteroatoms. The summed E-state index contributed by atoms with van der Waals surface area (Å²) in [6.45, 7) is 2.88. The third kappa shape index (κ3) is 5.98. The number of pyridine rings is 1. The summed E-state index contributed by atoms with van der Waals surface area (Å²) >= 11 is 7.67. The van der Waals surface area contributed by atoms with Crippen molar-refractivity contribution in [1.29, 1.82) is 0 Å². The van der Waals surface area contributed by atoms with Crippen molar-refractivity contribution in [3.8, 4) is 0 Å². The topological polar surface area (TPSA) is 36.4 Å². The van der Waals surface area contributed by atoms with E-state index in [2.05, 4.69) is 16.0 Å². The minimum Gasteiger partial charge on any atom is -0.307 e. The first kappa shape index (κ1) is 28.5. The molecule has 3 aromatic carbocycles. The number of hydrogen-bond acceptors (Lipinski definition) is 4. The maximum Gasteiger partial charge on any atom is 0.258 e. The van der Waals surface area contributed by atoms with Crippen molar-refractivity contribution in [2.24, 2.45) is 0 Å². The Kier molecular flexibility index (Phi) is 8.12. The van der Waals surface area contributed by atoms with E-state index >= 15 is 0 Å². The van der Waals surface area contributed by atoms with Crippen LogP contribution < -0.4 is 4.90 Å². The van der Waals surface area contributed by atoms with Crippen LogP contribution in [0.4, 0.5) is 18.9 Å². The van der Waals surface area contributed by atoms with Gasteiger partial charge in [-0.1, -0.05) is 41.6 Å². The van der Waals surface area contributed by atoms with Crippen LogP contribution in [0.1, 0.15) is 34.3 Å². The molecule has 4 nitrogen and oxygen atoms in total. The van der Waals surface area contributed by atoms with Crippen molar-refractivity contribution >= 4 is 41.0 Å². The van der Waals surface area contributed by atoms with Crippen LogP contribution in [0, 0.1) is 17.5 Å². The summed E-state index contributed by atoms with van der Waals surface area (Å²) in [4.78, 5) is 23.9. The molecule has 0 unspecified atom stereocenters. The van der Waals surface area contributed by atoms with Crippen LogP contribution in [0.5, 0.6) is 0 Å². The Morgan fingerprint density at radius 2 is 1.69 bits per heavy atom. The first-order valence-corrected chi connectivity index (χ1v) is 14.8. The molecule has 1 spiro atoms. The molecule has 1 saturated heterocycles. The van der Waals surface area contributed by atoms with E-state index in [9.17, 15) is 18.0 Å². The van der Waals surface area contributed by atoms with Crippen molar-refractivity contribution in [2.75, 3.05) is 31.1 Å². The third-order valence-electron chi connectivity index (χ3n) is 7.99. The third-order valence-corrected chi connectivity index (χ3v) is 9.19. The largest absolute Gasteiger partial charge is 0.307 e. The number of aromatic nitrogens is 1. The fourth-order valence-electron chi connectivity index (χ4n) is 5.77. The number of nitrogens with zero attached hydrogens (tertiary/aromatic N) is 3. The van der Waals surface area contributed by atoms with E-state index < -0.39 is 11.6 Å². The van der Waals surface area contributed by atoms with Gasteiger partial charge in [0.05, 0.1) is 0 Å². The van der Waals surface area contributed by atoms with E-state index in [1.165, 1.54) is 24.4 Å². The Balaban J connectivity index is 1.23. The van der Waals surface area contributed by atoms with E-state index in [0.717, 1.165) is 53.0 Å². The predicted octanol–water partition coefficient (Wildman–Crippen LogP) is 8.01. The molecule has 0 N–H and O–H groups in total. The summed E-state index contributed by atoms with van der Waals surface area (Å²) in [7, 11) is 0. The van der Waals surface area contributed by atoms with E-state index in [0.29, 0.717) is 24.2 Å². The quantitative estimate of drug-likeness (QED) is 0.209. The molecular formula is C33H27ClF3N3OS. The molecule has 42 heavy (non-hydrogen) atoms. The minimum absolute atomic E-state index is 0.117. The van der Waals surface area contributed by atoms with Gasteiger partial charge in [-0.25, -0.2) is 18.2 Å². The Bertz CT molecular complexity index is 1660. The molecule has 214 valence electrons. The standard InChI is InChI=1S/C33H27ClF3N3OS/c34-31-19-23(11-14-38-31)32(41)40-21-33(27-20-26(8-10-30(27)40)42-25-6-4-24(35)5-7-25)12-16-39(17-13-33)15-1-2-22-3-9-28(36)29(37)18-22/h1-11,14,18-20H,12-13,15-17,21H2/b2-1+. The number of anilines is 1. The van der Waals surface area contributed by atoms with Crippen LogP contribution in [0.15, 0.2) is 94.9 Å². The van der Waals surface area contributed by atoms with Crippen LogP contribution in [0.25, 0.3) is 6.08 Å². The molecule has 0 saturated carbocycles. The normalized spacial score (nSPS) is 16.3. The molecule has 0 atom stereocenters. The highest BCUT2D eigenvalue weighted by molar-refractivity contribution is 7.99. The van der Waals surface area contributed by atoms with Crippen LogP contribution >= 0.6 is 23.4 Å². The molecule has 6 rings (SSSR count). The lowest BCUT2D eigenvalue weighted by atomic mass is 9.74. The molecule has 3 heterocycles. The van der Waals surface area contributed by atoms with Gasteiger partial charge in [-0.05, 0) is 104 Å². The van der Waals surface area contributed by atoms with E-state index in [1.54, 1.807) is 48.2 Å². The minimum atomic E-state index is -0.859. The van der Waals surface area contributed by atoms with Gasteiger partial charge >= 0.3 is 0 Å². The first-order valence-electron chi connectivity index (χ1n) is 13.6. The van der Waals surface area contributed by atoms with Gasteiger partial charge in [0, 0.05) is 45.7 Å². The second-order valence-electron chi connectivity index (χ2n) is 10.7. The zero-order valence-corrected chi connectivity index (χ0v) is 24.1. The number of likely N-dealkylation sites (tertiary alicyclic amines) is 1. The molecule has 4 aromatic rings. The summed E-state index contributed by atoms with van der Waals surface area (Å²) in [6, 6.07) is 19.8. The van der Waals surface area contributed by atoms with E-state index in [-0.39, 0.29) is 22.3 Å². The Morgan fingerprint density at radius 3 is 2.43 bits per heavy atom. The highest BCUT2D eigenvalue weighted by atomic mass is 35.5. The summed E-state index contributed by atoms with van der Waals surface area (Å²) in [5, 5.41) is 0.269. The van der Waals surface area contributed by atoms with Crippen molar-refractivity contribution in [1.82, 2.24) is 9.88 Å². The fourth-order valence-corrected chi connectivity index (χ4v) is 6.80. The van der Waals surface area contributed by atoms with E-state index in [1.807, 2.05) is 23.1 Å². The summed E-state index contributed by atoms with van der Waals surface area (Å²) in [6.07, 6.45) is 7.01. The smallest absolute Gasteiger partial charge is 0.258 e. The Morgan fingerprint density at radius 1 is 0.929 bits per heavy atom. The van der Waals surface area contributed by atoms with Gasteiger partial charge in [-0.3, -0.25) is 9.69 Å². The van der Waals surface area contributed by atoms with Crippen LogP contribution in [0.3, 0.4) is 0 Å². The molecule has 2 aliphatic rings. The number of hydrogen-bond donors (Lipinski definition) is 0. The van der Waals surface area contributed by atoms with Crippen LogP contribution in [-0.4, -0.2) is 42.0 Å². The first-order chi connectivity index (χ1) is 20.3. The molecule has 0 aliphatic carbocycles. The maximum atomic E-state index is 13.7. The van der Waals surface area contributed by atoms with Crippen LogP contribution in [0.2, 0.25) is 5.15 Å². The van der Waals surface area contributed by atoms with Gasteiger partial charge in [0.1, 0.15) is 11.0 Å². The molecule has 1 aromatic heterocycles. The molecule has 1 fully saturated rings. The Labute approximate surface area is 251 Å². The van der Waals surface area contributed by atoms with Gasteiger partial charge in [-0.15, -0.1) is 0 Å². The second kappa shape index (κ2) is 12.0. The molecule has 1 amide bonds. The number of halogens is 4. The number of benzene rings is 3. The zero-order valence-electron chi connectivity index (χ0n) is 22.6. The average Bonchev–Trinajstić information content (AvgIpc) is 3.30. The summed E-state index contributed by atoms with van der Waals surface area (Å²) in [5.41, 5.74) is 2.91. The second-order valence-corrected chi connectivity index (χ2v) is 12.2. The SMILES string of the molecule is O=C(c1ccnc(Cl)c1)N1CC2(CCN(C/C=C/c3ccc(F)c(F)c3)CC2)c2cc(Sc3ccc(F)cc3)ccc21. The lowest BCUT2D eigenvalue weighted by Crippen LogP contribution is -2.46. The lowest BCUT2D eigenvalue weighted by molar-refractivity contribution is 0.0977. The van der Waals surface area contributed by atoms with Crippen LogP contribution in [-0.2, 0) is 5.41 Å². The number of carbonyl (C=O) groups is 1. The molecule has 2 aliphatic heterocycles. The van der Waals surface area contributed by atoms with Crippen molar-refractivity contribution in [3.05, 3.63) is 124 Å². The fraction of sp³-hybridized carbons (Fsp3) is 0.212. The molecule has 0 bridgehead atoms. The summed E-state index contributed by atoms with van der Waals surface area (Å²) in [5.74, 6) is -2.11. The number of piperidine rings is 1. The number of rotatable bonds is 6. The van der Waals surface area contributed by atoms with Crippen molar-refractivity contribution in [2.45, 2.75) is 28.0 Å². The van der Waals surface area contributed by atoms with Gasteiger partial charge in [0.25, 0.3) is 5.91 Å². The van der Waals surface area contributed by atoms with Gasteiger partial charge in [0.2, 0.25) is 0 Å². The number of carbonyl (C=O) groups excluding carboxylic acids is 1. The molecule has 0 radical (unpaired) electrons. The highest BCUT2D eigenvalue weighted by Gasteiger charge is 2.46. The van der Waals surface area contributed by atoms with E-state index in [4.69, 9.17) is 11.6 Å². The van der Waals surface area contributed by atoms with Crippen molar-refractivity contribution < 1.29 is 18.0 Å². The van der Waals surface area contributed by atoms with Gasteiger partial charge < -0.3 is 4.90 Å². The summed E-state index contributed by atoms with van der Waals surface area (Å²) < 4.78 is 40.3. The zero-order chi connectivity index (χ0) is 29.3. The van der Waals surface area contributed by atoms with Gasteiger partial charge in [0.15, 0.2) is 11.6 Å². The lowest BCUT2D eigenvalue weighted by Gasteiger charge is -2.39. The maximum absolute atomic E-state index is 13.7. The van der Waals surface area contributed by atoms with Gasteiger partial charge in [-0.2, -0.15) is 0 Å². The number of fused-ring (bicyclic) bond motifs is 2.